The fraction of sp³-hybridized carbons (Fsp3) is 0.538. The minimum atomic E-state index is 0.614. The second-order valence-electron chi connectivity index (χ2n) is 3.76. The van der Waals surface area contributed by atoms with Crippen LogP contribution in [0, 0.1) is 0 Å². The Hall–Kier alpha value is -1.82. The number of methoxy groups -OCH3 is 1. The van der Waals surface area contributed by atoms with Gasteiger partial charge in [0, 0.05) is 39.0 Å². The van der Waals surface area contributed by atoms with E-state index in [-0.39, 0.29) is 0 Å². The van der Waals surface area contributed by atoms with Crippen molar-refractivity contribution in [3.8, 4) is 5.88 Å². The van der Waals surface area contributed by atoms with Crippen molar-refractivity contribution >= 4 is 5.96 Å². The van der Waals surface area contributed by atoms with Gasteiger partial charge in [-0.1, -0.05) is 6.07 Å². The summed E-state index contributed by atoms with van der Waals surface area (Å²) >= 11 is 0. The van der Waals surface area contributed by atoms with Crippen LogP contribution in [0.3, 0.4) is 0 Å². The highest BCUT2D eigenvalue weighted by Crippen LogP contribution is 2.05. The number of aliphatic imine (C=N–C) groups is 1. The fourth-order valence-electron chi connectivity index (χ4n) is 1.43. The predicted octanol–water partition coefficient (Wildman–Crippen LogP) is 0.792. The fourth-order valence-corrected chi connectivity index (χ4v) is 1.43. The van der Waals surface area contributed by atoms with Gasteiger partial charge in [0.05, 0.1) is 13.7 Å². The summed E-state index contributed by atoms with van der Waals surface area (Å²) in [6, 6.07) is 3.80. The van der Waals surface area contributed by atoms with E-state index in [1.54, 1.807) is 20.4 Å². The van der Waals surface area contributed by atoms with E-state index in [1.807, 2.05) is 19.1 Å². The maximum absolute atomic E-state index is 5.25. The Morgan fingerprint density at radius 2 is 2.21 bits per heavy atom. The van der Waals surface area contributed by atoms with E-state index in [1.165, 1.54) is 0 Å². The van der Waals surface area contributed by atoms with E-state index in [4.69, 9.17) is 9.47 Å². The van der Waals surface area contributed by atoms with Gasteiger partial charge in [-0.2, -0.15) is 0 Å². The highest BCUT2D eigenvalue weighted by Gasteiger charge is 1.99. The Kier molecular flexibility index (Phi) is 7.34. The van der Waals surface area contributed by atoms with Gasteiger partial charge in [0.1, 0.15) is 0 Å². The average molecular weight is 266 g/mol. The average Bonchev–Trinajstić information content (AvgIpc) is 2.47. The van der Waals surface area contributed by atoms with Gasteiger partial charge in [0.2, 0.25) is 5.88 Å². The van der Waals surface area contributed by atoms with E-state index in [9.17, 15) is 0 Å². The van der Waals surface area contributed by atoms with Gasteiger partial charge in [-0.25, -0.2) is 4.98 Å². The molecule has 0 aromatic carbocycles. The van der Waals surface area contributed by atoms with Crippen LogP contribution in [0.25, 0.3) is 0 Å². The molecule has 1 aromatic rings. The lowest BCUT2D eigenvalue weighted by Gasteiger charge is -2.11. The number of rotatable bonds is 7. The molecule has 0 fully saturated rings. The molecule has 0 bridgehead atoms. The van der Waals surface area contributed by atoms with Gasteiger partial charge in [0.25, 0.3) is 0 Å². The molecule has 1 heterocycles. The first-order valence-corrected chi connectivity index (χ1v) is 6.31. The van der Waals surface area contributed by atoms with Crippen LogP contribution in [-0.2, 0) is 11.3 Å². The largest absolute Gasteiger partial charge is 0.481 e. The summed E-state index contributed by atoms with van der Waals surface area (Å²) in [6.07, 6.45) is 1.78. The summed E-state index contributed by atoms with van der Waals surface area (Å²) in [6.45, 7) is 4.76. The summed E-state index contributed by atoms with van der Waals surface area (Å²) in [5.74, 6) is 1.36. The molecule has 0 aliphatic heterocycles. The molecule has 6 nitrogen and oxygen atoms in total. The zero-order valence-corrected chi connectivity index (χ0v) is 11.8. The van der Waals surface area contributed by atoms with Crippen molar-refractivity contribution in [2.75, 3.05) is 33.9 Å². The van der Waals surface area contributed by atoms with Crippen LogP contribution in [0.5, 0.6) is 5.88 Å². The van der Waals surface area contributed by atoms with Crippen molar-refractivity contribution < 1.29 is 9.47 Å². The lowest BCUT2D eigenvalue weighted by molar-refractivity contribution is 0.152. The molecule has 1 aromatic heterocycles. The van der Waals surface area contributed by atoms with Crippen LogP contribution in [0.15, 0.2) is 23.3 Å². The molecule has 1 rings (SSSR count). The van der Waals surface area contributed by atoms with E-state index in [0.717, 1.165) is 24.7 Å². The van der Waals surface area contributed by atoms with E-state index >= 15 is 0 Å². The smallest absolute Gasteiger partial charge is 0.212 e. The first-order chi connectivity index (χ1) is 9.30. The molecular weight excluding hydrogens is 244 g/mol. The van der Waals surface area contributed by atoms with Gasteiger partial charge < -0.3 is 20.1 Å². The molecule has 0 radical (unpaired) electrons. The Labute approximate surface area is 114 Å². The Morgan fingerprint density at radius 3 is 2.79 bits per heavy atom. The minimum Gasteiger partial charge on any atom is -0.481 e. The molecule has 0 aliphatic rings. The van der Waals surface area contributed by atoms with Crippen molar-refractivity contribution in [2.45, 2.75) is 13.5 Å². The zero-order valence-electron chi connectivity index (χ0n) is 11.8. The maximum atomic E-state index is 5.25. The van der Waals surface area contributed by atoms with Crippen LogP contribution in [0.4, 0.5) is 0 Å². The Bertz CT molecular complexity index is 379. The maximum Gasteiger partial charge on any atom is 0.212 e. The molecule has 0 aliphatic carbocycles. The van der Waals surface area contributed by atoms with E-state index in [0.29, 0.717) is 19.0 Å². The number of nitrogens with zero attached hydrogens (tertiary/aromatic N) is 2. The number of hydrogen-bond acceptors (Lipinski definition) is 4. The summed E-state index contributed by atoms with van der Waals surface area (Å²) in [4.78, 5) is 8.27. The van der Waals surface area contributed by atoms with Crippen LogP contribution < -0.4 is 15.4 Å². The molecule has 0 amide bonds. The number of ether oxygens (including phenoxy) is 2. The quantitative estimate of drug-likeness (QED) is 0.434. The highest BCUT2D eigenvalue weighted by atomic mass is 16.5. The minimum absolute atomic E-state index is 0.614. The Balaban J connectivity index is 2.32. The zero-order chi connectivity index (χ0) is 13.9. The third-order valence-corrected chi connectivity index (χ3v) is 2.43. The molecule has 6 heteroatoms. The van der Waals surface area contributed by atoms with Crippen LogP contribution in [0.1, 0.15) is 12.5 Å². The van der Waals surface area contributed by atoms with Gasteiger partial charge in [-0.05, 0) is 12.5 Å². The topological polar surface area (TPSA) is 67.8 Å². The molecular formula is C13H22N4O2. The number of aromatic nitrogens is 1. The normalized spacial score (nSPS) is 11.2. The van der Waals surface area contributed by atoms with Crippen molar-refractivity contribution in [2.24, 2.45) is 4.99 Å². The van der Waals surface area contributed by atoms with Crippen LogP contribution >= 0.6 is 0 Å². The molecule has 0 saturated heterocycles. The van der Waals surface area contributed by atoms with Gasteiger partial charge in [-0.3, -0.25) is 4.99 Å². The first-order valence-electron chi connectivity index (χ1n) is 6.31. The standard InChI is InChI=1S/C13H22N4O2/c1-4-19-8-7-15-13(14-2)17-10-11-5-6-12(18-3)16-9-11/h5-6,9H,4,7-8,10H2,1-3H3,(H2,14,15,17). The number of guanidine groups is 1. The monoisotopic (exact) mass is 266 g/mol. The lowest BCUT2D eigenvalue weighted by Crippen LogP contribution is -2.38. The first kappa shape index (κ1) is 15.2. The molecule has 0 saturated carbocycles. The number of hydrogen-bond donors (Lipinski definition) is 2. The highest BCUT2D eigenvalue weighted by molar-refractivity contribution is 5.79. The van der Waals surface area contributed by atoms with Gasteiger partial charge >= 0.3 is 0 Å². The second kappa shape index (κ2) is 9.16. The number of nitrogens with one attached hydrogen (secondary N) is 2. The van der Waals surface area contributed by atoms with Crippen LogP contribution in [-0.4, -0.2) is 44.9 Å². The van der Waals surface area contributed by atoms with Crippen molar-refractivity contribution in [3.05, 3.63) is 23.9 Å². The summed E-state index contributed by atoms with van der Waals surface area (Å²) in [5.41, 5.74) is 1.06. The summed E-state index contributed by atoms with van der Waals surface area (Å²) in [5, 5.41) is 6.37. The lowest BCUT2D eigenvalue weighted by atomic mass is 10.3. The predicted molar refractivity (Wildman–Crippen MR) is 75.5 cm³/mol. The molecule has 0 unspecified atom stereocenters. The summed E-state index contributed by atoms with van der Waals surface area (Å²) < 4.78 is 10.3. The molecule has 106 valence electrons. The molecule has 0 spiro atoms. The molecule has 2 N–H and O–H groups in total. The number of pyridine rings is 1. The third kappa shape index (κ3) is 6.05. The van der Waals surface area contributed by atoms with Crippen molar-refractivity contribution in [3.63, 3.8) is 0 Å². The van der Waals surface area contributed by atoms with Gasteiger partial charge in [-0.15, -0.1) is 0 Å². The Morgan fingerprint density at radius 1 is 1.37 bits per heavy atom. The van der Waals surface area contributed by atoms with Gasteiger partial charge in [0.15, 0.2) is 5.96 Å². The van der Waals surface area contributed by atoms with E-state index < -0.39 is 0 Å². The van der Waals surface area contributed by atoms with Crippen LogP contribution in [0.2, 0.25) is 0 Å². The molecule has 19 heavy (non-hydrogen) atoms. The van der Waals surface area contributed by atoms with Crippen molar-refractivity contribution in [1.29, 1.82) is 0 Å². The molecule has 0 atom stereocenters. The third-order valence-electron chi connectivity index (χ3n) is 2.43. The van der Waals surface area contributed by atoms with E-state index in [2.05, 4.69) is 20.6 Å². The second-order valence-corrected chi connectivity index (χ2v) is 3.76. The summed E-state index contributed by atoms with van der Waals surface area (Å²) in [7, 11) is 3.34. The van der Waals surface area contributed by atoms with Crippen molar-refractivity contribution in [1.82, 2.24) is 15.6 Å². The SMILES string of the molecule is CCOCCNC(=NC)NCc1ccc(OC)nc1.